The first-order valence-corrected chi connectivity index (χ1v) is 13.2. The Hall–Kier alpha value is -3.47. The fraction of sp³-hybridized carbons (Fsp3) is 0.160. The highest BCUT2D eigenvalue weighted by atomic mass is 32.2. The van der Waals surface area contributed by atoms with E-state index in [0.717, 1.165) is 22.9 Å². The topological polar surface area (TPSA) is 124 Å². The molecule has 10 heteroatoms. The summed E-state index contributed by atoms with van der Waals surface area (Å²) in [7, 11) is -3.82. The average molecular weight is 509 g/mol. The number of sulfonamides is 1. The lowest BCUT2D eigenvalue weighted by Gasteiger charge is -2.17. The largest absolute Gasteiger partial charge is 0.325 e. The van der Waals surface area contributed by atoms with Crippen LogP contribution in [0.5, 0.6) is 0 Å². The zero-order chi connectivity index (χ0) is 25.3. The van der Waals surface area contributed by atoms with Gasteiger partial charge in [0.05, 0.1) is 26.7 Å². The van der Waals surface area contributed by atoms with Gasteiger partial charge in [0.2, 0.25) is 15.9 Å². The minimum atomic E-state index is -3.82. The quantitative estimate of drug-likeness (QED) is 0.302. The van der Waals surface area contributed by atoms with Gasteiger partial charge in [-0.1, -0.05) is 30.0 Å². The van der Waals surface area contributed by atoms with Gasteiger partial charge in [-0.25, -0.2) is 18.5 Å². The molecule has 3 aromatic carbocycles. The van der Waals surface area contributed by atoms with Gasteiger partial charge in [-0.3, -0.25) is 14.2 Å². The van der Waals surface area contributed by atoms with Crippen LogP contribution < -0.4 is 16.0 Å². The molecular formula is C25H24N4O4S2. The number of benzene rings is 3. The van der Waals surface area contributed by atoms with Crippen LogP contribution in [0.15, 0.2) is 81.6 Å². The lowest BCUT2D eigenvalue weighted by molar-refractivity contribution is -0.115. The van der Waals surface area contributed by atoms with Gasteiger partial charge in [0.1, 0.15) is 0 Å². The lowest BCUT2D eigenvalue weighted by atomic mass is 10.1. The van der Waals surface area contributed by atoms with E-state index < -0.39 is 15.3 Å². The molecule has 1 amide bonds. The number of nitrogens with two attached hydrogens (primary N) is 1. The molecular weight excluding hydrogens is 484 g/mol. The molecule has 1 unspecified atom stereocenters. The molecule has 1 atom stereocenters. The minimum Gasteiger partial charge on any atom is -0.325 e. The van der Waals surface area contributed by atoms with Crippen LogP contribution in [0.1, 0.15) is 18.1 Å². The van der Waals surface area contributed by atoms with Crippen molar-refractivity contribution in [2.45, 2.75) is 36.1 Å². The molecule has 0 fully saturated rings. The molecule has 0 spiro atoms. The van der Waals surface area contributed by atoms with Gasteiger partial charge in [0, 0.05) is 5.69 Å². The highest BCUT2D eigenvalue weighted by Crippen LogP contribution is 2.27. The number of hydrogen-bond donors (Lipinski definition) is 2. The Labute approximate surface area is 207 Å². The molecule has 1 aromatic heterocycles. The highest BCUT2D eigenvalue weighted by molar-refractivity contribution is 8.00. The molecule has 3 N–H and O–H groups in total. The van der Waals surface area contributed by atoms with E-state index >= 15 is 0 Å². The summed E-state index contributed by atoms with van der Waals surface area (Å²) >= 11 is 1.16. The normalized spacial score (nSPS) is 12.5. The fourth-order valence-electron chi connectivity index (χ4n) is 3.47. The monoisotopic (exact) mass is 508 g/mol. The summed E-state index contributed by atoms with van der Waals surface area (Å²) in [5.74, 6) is -0.326. The number of anilines is 1. The number of rotatable bonds is 6. The van der Waals surface area contributed by atoms with Gasteiger partial charge in [0.25, 0.3) is 5.56 Å². The van der Waals surface area contributed by atoms with Crippen molar-refractivity contribution in [3.8, 4) is 5.69 Å². The number of aryl methyl sites for hydroxylation is 2. The standard InChI is InChI=1S/C25H24N4O4S2/c1-15-8-11-19(14-16(15)2)29-24(31)21-6-4-5-7-22(21)28-25(29)34-17(3)23(30)27-18-9-12-20(13-10-18)35(26,32)33/h4-14,17H,1-3H3,(H,27,30)(H2,26,32,33). The van der Waals surface area contributed by atoms with Gasteiger partial charge in [-0.05, 0) is 80.4 Å². The van der Waals surface area contributed by atoms with Crippen molar-refractivity contribution in [3.05, 3.63) is 88.2 Å². The lowest BCUT2D eigenvalue weighted by Crippen LogP contribution is -2.26. The van der Waals surface area contributed by atoms with E-state index in [-0.39, 0.29) is 16.4 Å². The van der Waals surface area contributed by atoms with E-state index in [2.05, 4.69) is 5.32 Å². The fourth-order valence-corrected chi connectivity index (χ4v) is 4.91. The molecule has 4 aromatic rings. The molecule has 0 aliphatic carbocycles. The van der Waals surface area contributed by atoms with Crippen molar-refractivity contribution in [2.75, 3.05) is 5.32 Å². The molecule has 0 bridgehead atoms. The number of hydrogen-bond acceptors (Lipinski definition) is 6. The molecule has 0 saturated carbocycles. The van der Waals surface area contributed by atoms with E-state index in [4.69, 9.17) is 10.1 Å². The predicted molar refractivity (Wildman–Crippen MR) is 139 cm³/mol. The third-order valence-electron chi connectivity index (χ3n) is 5.60. The van der Waals surface area contributed by atoms with Crippen LogP contribution in [-0.2, 0) is 14.8 Å². The summed E-state index contributed by atoms with van der Waals surface area (Å²) in [4.78, 5) is 31.0. The summed E-state index contributed by atoms with van der Waals surface area (Å²) in [5.41, 5.74) is 3.56. The first kappa shape index (κ1) is 24.6. The van der Waals surface area contributed by atoms with Crippen molar-refractivity contribution in [2.24, 2.45) is 5.14 Å². The number of carbonyl (C=O) groups excluding carboxylic acids is 1. The predicted octanol–water partition coefficient (Wildman–Crippen LogP) is 3.77. The second-order valence-electron chi connectivity index (χ2n) is 8.14. The number of amides is 1. The van der Waals surface area contributed by atoms with Crippen molar-refractivity contribution < 1.29 is 13.2 Å². The number of fused-ring (bicyclic) bond motifs is 1. The number of para-hydroxylation sites is 1. The van der Waals surface area contributed by atoms with Crippen molar-refractivity contribution >= 4 is 44.3 Å². The second kappa shape index (κ2) is 9.65. The summed E-state index contributed by atoms with van der Waals surface area (Å²) in [5, 5.41) is 8.15. The molecule has 8 nitrogen and oxygen atoms in total. The summed E-state index contributed by atoms with van der Waals surface area (Å²) in [6.45, 7) is 5.69. The van der Waals surface area contributed by atoms with Gasteiger partial charge < -0.3 is 5.32 Å². The number of aromatic nitrogens is 2. The van der Waals surface area contributed by atoms with Crippen LogP contribution in [-0.4, -0.2) is 29.1 Å². The number of thioether (sulfide) groups is 1. The smallest absolute Gasteiger partial charge is 0.266 e. The Morgan fingerprint density at radius 2 is 1.71 bits per heavy atom. The highest BCUT2D eigenvalue weighted by Gasteiger charge is 2.21. The molecule has 0 aliphatic heterocycles. The van der Waals surface area contributed by atoms with Crippen LogP contribution in [0, 0.1) is 13.8 Å². The molecule has 35 heavy (non-hydrogen) atoms. The Morgan fingerprint density at radius 1 is 1.03 bits per heavy atom. The molecule has 4 rings (SSSR count). The Balaban J connectivity index is 1.67. The Morgan fingerprint density at radius 3 is 2.37 bits per heavy atom. The van der Waals surface area contributed by atoms with E-state index in [1.54, 1.807) is 25.1 Å². The number of primary sulfonamides is 1. The van der Waals surface area contributed by atoms with E-state index in [0.29, 0.717) is 27.4 Å². The minimum absolute atomic E-state index is 0.0457. The third-order valence-corrected chi connectivity index (χ3v) is 7.58. The Bertz CT molecular complexity index is 1600. The van der Waals surface area contributed by atoms with Crippen LogP contribution >= 0.6 is 11.8 Å². The average Bonchev–Trinajstić information content (AvgIpc) is 2.81. The zero-order valence-electron chi connectivity index (χ0n) is 19.3. The first-order chi connectivity index (χ1) is 16.5. The van der Waals surface area contributed by atoms with Crippen LogP contribution in [0.3, 0.4) is 0 Å². The number of nitrogens with one attached hydrogen (secondary N) is 1. The maximum Gasteiger partial charge on any atom is 0.266 e. The van der Waals surface area contributed by atoms with Crippen LogP contribution in [0.4, 0.5) is 5.69 Å². The SMILES string of the molecule is Cc1ccc(-n2c(SC(C)C(=O)Nc3ccc(S(N)(=O)=O)cc3)nc3ccccc3c2=O)cc1C. The summed E-state index contributed by atoms with van der Waals surface area (Å²) in [6.07, 6.45) is 0. The number of nitrogens with zero attached hydrogens (tertiary/aromatic N) is 2. The molecule has 180 valence electrons. The molecule has 0 saturated heterocycles. The molecule has 0 aliphatic rings. The van der Waals surface area contributed by atoms with Crippen LogP contribution in [0.25, 0.3) is 16.6 Å². The summed E-state index contributed by atoms with van der Waals surface area (Å²) in [6, 6.07) is 18.4. The van der Waals surface area contributed by atoms with Crippen molar-refractivity contribution in [1.29, 1.82) is 0 Å². The second-order valence-corrected chi connectivity index (χ2v) is 11.0. The van der Waals surface area contributed by atoms with Gasteiger partial charge >= 0.3 is 0 Å². The van der Waals surface area contributed by atoms with Crippen molar-refractivity contribution in [3.63, 3.8) is 0 Å². The first-order valence-electron chi connectivity index (χ1n) is 10.7. The van der Waals surface area contributed by atoms with Gasteiger partial charge in [0.15, 0.2) is 5.16 Å². The van der Waals surface area contributed by atoms with E-state index in [1.807, 2.05) is 38.1 Å². The summed E-state index contributed by atoms with van der Waals surface area (Å²) < 4.78 is 24.4. The van der Waals surface area contributed by atoms with Crippen molar-refractivity contribution in [1.82, 2.24) is 9.55 Å². The van der Waals surface area contributed by atoms with E-state index in [1.165, 1.54) is 28.8 Å². The van der Waals surface area contributed by atoms with Gasteiger partial charge in [-0.15, -0.1) is 0 Å². The molecule has 1 heterocycles. The maximum absolute atomic E-state index is 13.5. The zero-order valence-corrected chi connectivity index (χ0v) is 21.0. The third kappa shape index (κ3) is 5.29. The Kier molecular flexibility index (Phi) is 6.79. The van der Waals surface area contributed by atoms with Crippen LogP contribution in [0.2, 0.25) is 0 Å². The molecule has 0 radical (unpaired) electrons. The van der Waals surface area contributed by atoms with Gasteiger partial charge in [-0.2, -0.15) is 0 Å². The maximum atomic E-state index is 13.5. The number of carbonyl (C=O) groups is 1. The van der Waals surface area contributed by atoms with E-state index in [9.17, 15) is 18.0 Å².